The number of nitriles is 1. The lowest BCUT2D eigenvalue weighted by molar-refractivity contribution is 0.0992. The van der Waals surface area contributed by atoms with Crippen LogP contribution < -0.4 is 10.5 Å². The molecule has 5 rings (SSSR count). The van der Waals surface area contributed by atoms with E-state index in [0.29, 0.717) is 0 Å². The van der Waals surface area contributed by atoms with E-state index in [1.54, 1.807) is 39.3 Å². The molecule has 10 heteroatoms. The smallest absolute Gasteiger partial charge is 0.252 e. The predicted octanol–water partition coefficient (Wildman–Crippen LogP) is 2.74. The lowest BCUT2D eigenvalue weighted by atomic mass is 9.98. The van der Waals surface area contributed by atoms with Crippen molar-refractivity contribution >= 4 is 22.4 Å². The van der Waals surface area contributed by atoms with Gasteiger partial charge in [0.05, 0.1) is 35.4 Å². The molecule has 1 saturated heterocycles. The number of aromatic nitrogens is 6. The molecule has 0 spiro atoms. The van der Waals surface area contributed by atoms with Crippen LogP contribution in [0.25, 0.3) is 16.7 Å². The molecule has 10 nitrogen and oxygen atoms in total. The van der Waals surface area contributed by atoms with Gasteiger partial charge in [-0.3, -0.25) is 14.4 Å². The maximum absolute atomic E-state index is 12.9. The second-order valence-electron chi connectivity index (χ2n) is 9.28. The monoisotopic (exact) mass is 473 g/mol. The Hall–Kier alpha value is -3.71. The number of piperazine rings is 1. The highest BCUT2D eigenvalue weighted by atomic mass is 16.1. The molecule has 1 aliphatic heterocycles. The van der Waals surface area contributed by atoms with Gasteiger partial charge in [-0.05, 0) is 25.8 Å². The summed E-state index contributed by atoms with van der Waals surface area (Å²) in [5.41, 5.74) is 4.19. The normalized spacial score (nSPS) is 19.9. The molecule has 182 valence electrons. The molecule has 0 amide bonds. The highest BCUT2D eigenvalue weighted by molar-refractivity contribution is 5.88. The molecule has 1 fully saturated rings. The van der Waals surface area contributed by atoms with Crippen molar-refractivity contribution in [3.63, 3.8) is 0 Å². The quantitative estimate of drug-likeness (QED) is 0.424. The minimum Gasteiger partial charge on any atom is -0.364 e. The van der Waals surface area contributed by atoms with Crippen LogP contribution in [0.3, 0.4) is 0 Å². The van der Waals surface area contributed by atoms with Gasteiger partial charge in [-0.25, -0.2) is 9.50 Å². The van der Waals surface area contributed by atoms with Crippen molar-refractivity contribution in [3.05, 3.63) is 52.8 Å². The second kappa shape index (κ2) is 9.15. The summed E-state index contributed by atoms with van der Waals surface area (Å²) < 4.78 is 5.00. The zero-order valence-electron chi connectivity index (χ0n) is 20.7. The maximum atomic E-state index is 12.9. The molecule has 0 N–H and O–H groups in total. The van der Waals surface area contributed by atoms with E-state index in [9.17, 15) is 4.79 Å². The highest BCUT2D eigenvalue weighted by Gasteiger charge is 2.36. The van der Waals surface area contributed by atoms with Gasteiger partial charge < -0.3 is 9.47 Å². The van der Waals surface area contributed by atoms with Crippen molar-refractivity contribution in [1.29, 1.82) is 5.26 Å². The fraction of sp³-hybridized carbons (Fsp3) is 0.480. The second-order valence-corrected chi connectivity index (χ2v) is 9.28. The van der Waals surface area contributed by atoms with Crippen LogP contribution in [0.4, 0.5) is 5.69 Å². The number of nitrogens with zero attached hydrogens (tertiary/aromatic N) is 9. The number of anilines is 1. The Balaban J connectivity index is 1.51. The summed E-state index contributed by atoms with van der Waals surface area (Å²) >= 11 is 0. The van der Waals surface area contributed by atoms with Crippen LogP contribution in [-0.2, 0) is 13.6 Å². The first-order chi connectivity index (χ1) is 16.9. The van der Waals surface area contributed by atoms with Gasteiger partial charge in [0.1, 0.15) is 12.1 Å². The van der Waals surface area contributed by atoms with E-state index in [1.165, 1.54) is 0 Å². The Labute approximate surface area is 204 Å². The van der Waals surface area contributed by atoms with E-state index in [1.807, 2.05) is 12.3 Å². The first-order valence-corrected chi connectivity index (χ1v) is 12.2. The summed E-state index contributed by atoms with van der Waals surface area (Å²) in [5, 5.41) is 18.1. The van der Waals surface area contributed by atoms with Crippen molar-refractivity contribution in [1.82, 2.24) is 33.8 Å². The van der Waals surface area contributed by atoms with E-state index >= 15 is 0 Å². The number of fused-ring (bicyclic) bond motifs is 2. The van der Waals surface area contributed by atoms with Crippen LogP contribution >= 0.6 is 0 Å². The third-order valence-corrected chi connectivity index (χ3v) is 7.37. The third kappa shape index (κ3) is 3.96. The minimum absolute atomic E-state index is 0.0685. The summed E-state index contributed by atoms with van der Waals surface area (Å²) in [7, 11) is 1.75. The molecule has 4 aromatic heterocycles. The molecular formula is C25H31N9O. The van der Waals surface area contributed by atoms with Gasteiger partial charge in [0.25, 0.3) is 5.56 Å². The van der Waals surface area contributed by atoms with Crippen LogP contribution in [0.15, 0.2) is 41.6 Å². The van der Waals surface area contributed by atoms with Crippen LogP contribution in [0.5, 0.6) is 0 Å². The summed E-state index contributed by atoms with van der Waals surface area (Å²) in [6.07, 6.45) is 7.43. The predicted molar refractivity (Wildman–Crippen MR) is 134 cm³/mol. The molecule has 0 aliphatic carbocycles. The first kappa shape index (κ1) is 23.1. The molecule has 0 aromatic carbocycles. The van der Waals surface area contributed by atoms with Crippen molar-refractivity contribution in [3.8, 4) is 6.07 Å². The zero-order valence-corrected chi connectivity index (χ0v) is 20.7. The fourth-order valence-electron chi connectivity index (χ4n) is 5.30. The topological polar surface area (TPSA) is 100 Å². The van der Waals surface area contributed by atoms with Crippen LogP contribution in [0.1, 0.15) is 45.3 Å². The van der Waals surface area contributed by atoms with Crippen molar-refractivity contribution in [2.75, 3.05) is 18.0 Å². The molecule has 4 aromatic rings. The number of aryl methyl sites for hydroxylation is 1. The SMILES string of the molecule is CC[C@H]1CN([C@@H](C)c2ccn3nccc3n2)[C@H](CC)CN1c1cc(=O)n(C)c2cn(CC#N)nc12. The van der Waals surface area contributed by atoms with E-state index in [2.05, 4.69) is 52.9 Å². The van der Waals surface area contributed by atoms with Gasteiger partial charge in [-0.2, -0.15) is 15.5 Å². The van der Waals surface area contributed by atoms with E-state index in [-0.39, 0.29) is 30.2 Å². The number of pyridine rings is 1. The molecule has 0 bridgehead atoms. The average molecular weight is 474 g/mol. The van der Waals surface area contributed by atoms with Gasteiger partial charge in [-0.15, -0.1) is 0 Å². The number of rotatable bonds is 6. The van der Waals surface area contributed by atoms with Gasteiger partial charge in [0.2, 0.25) is 0 Å². The Morgan fingerprint density at radius 2 is 2.00 bits per heavy atom. The standard InChI is InChI=1S/C25H31N9O/c1-5-18-15-33(21-13-24(35)30(4)22-16-31(12-9-26)29-25(21)22)19(6-2)14-32(18)17(3)20-8-11-34-23(28-20)7-10-27-34/h7-8,10-11,13,16-19H,5-6,12,14-15H2,1-4H3/t17-,18+,19-/m0/s1. The van der Waals surface area contributed by atoms with Crippen molar-refractivity contribution in [2.24, 2.45) is 7.05 Å². The zero-order chi connectivity index (χ0) is 24.7. The Morgan fingerprint density at radius 3 is 2.74 bits per heavy atom. The molecule has 0 radical (unpaired) electrons. The largest absolute Gasteiger partial charge is 0.364 e. The summed E-state index contributed by atoms with van der Waals surface area (Å²) in [6.45, 7) is 8.43. The molecule has 0 unspecified atom stereocenters. The Kier molecular flexibility index (Phi) is 6.03. The lowest BCUT2D eigenvalue weighted by Gasteiger charge is -2.49. The van der Waals surface area contributed by atoms with Gasteiger partial charge in [-0.1, -0.05) is 13.8 Å². The summed E-state index contributed by atoms with van der Waals surface area (Å²) in [4.78, 5) is 22.6. The third-order valence-electron chi connectivity index (χ3n) is 7.37. The van der Waals surface area contributed by atoms with Crippen LogP contribution in [-0.4, -0.2) is 59.0 Å². The molecule has 3 atom stereocenters. The van der Waals surface area contributed by atoms with Gasteiger partial charge >= 0.3 is 0 Å². The van der Waals surface area contributed by atoms with Crippen molar-refractivity contribution in [2.45, 2.75) is 58.3 Å². The van der Waals surface area contributed by atoms with E-state index < -0.39 is 0 Å². The molecular weight excluding hydrogens is 442 g/mol. The summed E-state index contributed by atoms with van der Waals surface area (Å²) in [5.74, 6) is 0. The highest BCUT2D eigenvalue weighted by Crippen LogP contribution is 2.34. The first-order valence-electron chi connectivity index (χ1n) is 12.2. The van der Waals surface area contributed by atoms with Crippen LogP contribution in [0, 0.1) is 11.3 Å². The average Bonchev–Trinajstić information content (AvgIpc) is 3.52. The summed E-state index contributed by atoms with van der Waals surface area (Å²) in [6, 6.07) is 8.47. The molecule has 1 aliphatic rings. The number of hydrogen-bond donors (Lipinski definition) is 0. The minimum atomic E-state index is -0.0685. The van der Waals surface area contributed by atoms with E-state index in [4.69, 9.17) is 10.2 Å². The molecule has 0 saturated carbocycles. The Morgan fingerprint density at radius 1 is 1.20 bits per heavy atom. The van der Waals surface area contributed by atoms with E-state index in [0.717, 1.165) is 54.0 Å². The lowest BCUT2D eigenvalue weighted by Crippen LogP contribution is -2.59. The molecule has 35 heavy (non-hydrogen) atoms. The van der Waals surface area contributed by atoms with Crippen LogP contribution in [0.2, 0.25) is 0 Å². The van der Waals surface area contributed by atoms with Gasteiger partial charge in [0.15, 0.2) is 5.65 Å². The fourth-order valence-corrected chi connectivity index (χ4v) is 5.30. The number of hydrogen-bond acceptors (Lipinski definition) is 7. The maximum Gasteiger partial charge on any atom is 0.252 e. The molecule has 5 heterocycles. The van der Waals surface area contributed by atoms with Gasteiger partial charge in [0, 0.05) is 56.6 Å². The van der Waals surface area contributed by atoms with Crippen molar-refractivity contribution < 1.29 is 0 Å². The Bertz CT molecular complexity index is 1460.